The number of aryl methyl sites for hydroxylation is 2. The average Bonchev–Trinajstić information content (AvgIpc) is 2.76. The molecule has 0 bridgehead atoms. The number of hydrogen-bond acceptors (Lipinski definition) is 4. The molecule has 0 radical (unpaired) electrons. The van der Waals surface area contributed by atoms with Gasteiger partial charge in [-0.05, 0) is 62.9 Å². The highest BCUT2D eigenvalue weighted by atomic mass is 35.5. The molecule has 1 N–H and O–H groups in total. The van der Waals surface area contributed by atoms with Crippen LogP contribution in [0.5, 0.6) is 0 Å². The molecule has 0 saturated carbocycles. The van der Waals surface area contributed by atoms with Crippen molar-refractivity contribution in [3.63, 3.8) is 0 Å². The topological polar surface area (TPSA) is 86.8 Å². The second kappa shape index (κ2) is 12.1. The third-order valence-corrected chi connectivity index (χ3v) is 7.59. The minimum atomic E-state index is -3.81. The molecule has 0 heterocycles. The second-order valence-corrected chi connectivity index (χ2v) is 11.5. The Labute approximate surface area is 218 Å². The molecular formula is C25H33Cl2N3O4S. The molecule has 10 heteroatoms. The van der Waals surface area contributed by atoms with Gasteiger partial charge in [0.2, 0.25) is 21.8 Å². The molecule has 0 fully saturated rings. The van der Waals surface area contributed by atoms with E-state index in [4.69, 9.17) is 23.2 Å². The molecule has 2 atom stereocenters. The van der Waals surface area contributed by atoms with E-state index in [-0.39, 0.29) is 18.5 Å². The number of carbonyl (C=O) groups is 2. The van der Waals surface area contributed by atoms with Gasteiger partial charge in [-0.25, -0.2) is 8.42 Å². The van der Waals surface area contributed by atoms with Crippen molar-refractivity contribution >= 4 is 50.7 Å². The summed E-state index contributed by atoms with van der Waals surface area (Å²) >= 11 is 12.4. The van der Waals surface area contributed by atoms with Gasteiger partial charge < -0.3 is 10.2 Å². The third kappa shape index (κ3) is 7.59. The Kier molecular flexibility index (Phi) is 10.0. The molecular weight excluding hydrogens is 509 g/mol. The first-order valence-corrected chi connectivity index (χ1v) is 13.9. The number of para-hydroxylation sites is 1. The SMILES string of the molecule is CC[C@@H](C)NC(=O)[C@H](C)N(Cc1ccc(Cl)cc1Cl)C(=O)CN(c1c(C)cccc1C)S(C)(=O)=O. The molecule has 0 unspecified atom stereocenters. The molecule has 0 aromatic heterocycles. The quantitative estimate of drug-likeness (QED) is 0.471. The van der Waals surface area contributed by atoms with E-state index in [0.717, 1.165) is 28.1 Å². The Morgan fingerprint density at radius 1 is 1.06 bits per heavy atom. The van der Waals surface area contributed by atoms with E-state index in [2.05, 4.69) is 5.32 Å². The minimum absolute atomic E-state index is 0.00822. The van der Waals surface area contributed by atoms with E-state index in [1.807, 2.05) is 19.9 Å². The zero-order valence-corrected chi connectivity index (χ0v) is 23.3. The van der Waals surface area contributed by atoms with E-state index in [1.54, 1.807) is 51.1 Å². The lowest BCUT2D eigenvalue weighted by Crippen LogP contribution is -2.52. The summed E-state index contributed by atoms with van der Waals surface area (Å²) in [5.41, 5.74) is 2.48. The number of rotatable bonds is 10. The monoisotopic (exact) mass is 541 g/mol. The molecule has 0 aliphatic rings. The number of nitrogens with one attached hydrogen (secondary N) is 1. The zero-order chi connectivity index (χ0) is 26.5. The Morgan fingerprint density at radius 2 is 1.66 bits per heavy atom. The summed E-state index contributed by atoms with van der Waals surface area (Å²) in [5.74, 6) is -0.869. The van der Waals surface area contributed by atoms with Crippen LogP contribution in [0.25, 0.3) is 0 Å². The van der Waals surface area contributed by atoms with Crippen LogP contribution in [0.1, 0.15) is 43.9 Å². The van der Waals surface area contributed by atoms with Gasteiger partial charge in [-0.15, -0.1) is 0 Å². The van der Waals surface area contributed by atoms with Gasteiger partial charge in [0.25, 0.3) is 0 Å². The van der Waals surface area contributed by atoms with Crippen LogP contribution in [0.4, 0.5) is 5.69 Å². The molecule has 2 aromatic carbocycles. The van der Waals surface area contributed by atoms with Gasteiger partial charge in [0, 0.05) is 22.6 Å². The molecule has 2 aromatic rings. The van der Waals surface area contributed by atoms with Gasteiger partial charge in [-0.2, -0.15) is 0 Å². The average molecular weight is 543 g/mol. The van der Waals surface area contributed by atoms with Crippen molar-refractivity contribution in [3.05, 3.63) is 63.1 Å². The summed E-state index contributed by atoms with van der Waals surface area (Å²) in [5, 5.41) is 3.68. The molecule has 192 valence electrons. The summed E-state index contributed by atoms with van der Waals surface area (Å²) in [6.45, 7) is 8.56. The van der Waals surface area contributed by atoms with Crippen LogP contribution in [0, 0.1) is 13.8 Å². The maximum atomic E-state index is 13.7. The lowest BCUT2D eigenvalue weighted by atomic mass is 10.1. The molecule has 0 aliphatic heterocycles. The van der Waals surface area contributed by atoms with Crippen molar-refractivity contribution < 1.29 is 18.0 Å². The van der Waals surface area contributed by atoms with Crippen molar-refractivity contribution in [2.75, 3.05) is 17.1 Å². The third-order valence-electron chi connectivity index (χ3n) is 5.89. The predicted molar refractivity (Wildman–Crippen MR) is 142 cm³/mol. The standard InChI is InChI=1S/C25H33Cl2N3O4S/c1-7-18(4)28-25(32)19(5)29(14-20-11-12-21(26)13-22(20)27)23(31)15-30(35(6,33)34)24-16(2)9-8-10-17(24)3/h8-13,18-19H,7,14-15H2,1-6H3,(H,28,32)/t18-,19+/m1/s1. The molecule has 0 spiro atoms. The van der Waals surface area contributed by atoms with Gasteiger partial charge in [-0.1, -0.05) is 54.4 Å². The maximum absolute atomic E-state index is 13.7. The van der Waals surface area contributed by atoms with Gasteiger partial charge in [0.05, 0.1) is 11.9 Å². The first-order chi connectivity index (χ1) is 16.3. The van der Waals surface area contributed by atoms with Crippen LogP contribution in [0.3, 0.4) is 0 Å². The lowest BCUT2D eigenvalue weighted by Gasteiger charge is -2.33. The molecule has 0 saturated heterocycles. The maximum Gasteiger partial charge on any atom is 0.244 e. The van der Waals surface area contributed by atoms with Crippen molar-refractivity contribution in [2.45, 2.75) is 59.7 Å². The number of anilines is 1. The predicted octanol–water partition coefficient (Wildman–Crippen LogP) is 4.71. The van der Waals surface area contributed by atoms with Gasteiger partial charge in [0.15, 0.2) is 0 Å². The highest BCUT2D eigenvalue weighted by molar-refractivity contribution is 7.92. The van der Waals surface area contributed by atoms with Crippen LogP contribution in [-0.4, -0.2) is 50.0 Å². The Balaban J connectivity index is 2.48. The summed E-state index contributed by atoms with van der Waals surface area (Å²) in [7, 11) is -3.81. The largest absolute Gasteiger partial charge is 0.352 e. The number of benzene rings is 2. The number of hydrogen-bond donors (Lipinski definition) is 1. The number of sulfonamides is 1. The first kappa shape index (κ1) is 28.9. The van der Waals surface area contributed by atoms with Crippen molar-refractivity contribution in [1.29, 1.82) is 0 Å². The number of halogens is 2. The van der Waals surface area contributed by atoms with Crippen LogP contribution in [0.15, 0.2) is 36.4 Å². The van der Waals surface area contributed by atoms with Crippen LogP contribution in [0.2, 0.25) is 10.0 Å². The fourth-order valence-electron chi connectivity index (χ4n) is 3.66. The summed E-state index contributed by atoms with van der Waals surface area (Å²) in [6.07, 6.45) is 1.79. The summed E-state index contributed by atoms with van der Waals surface area (Å²) < 4.78 is 26.6. The first-order valence-electron chi connectivity index (χ1n) is 11.3. The molecule has 7 nitrogen and oxygen atoms in total. The fraction of sp³-hybridized carbons (Fsp3) is 0.440. The Bertz CT molecular complexity index is 1170. The normalized spacial score (nSPS) is 13.1. The number of carbonyl (C=O) groups excluding carboxylic acids is 2. The van der Waals surface area contributed by atoms with Crippen molar-refractivity contribution in [1.82, 2.24) is 10.2 Å². The molecule has 0 aliphatic carbocycles. The van der Waals surface area contributed by atoms with Gasteiger partial charge >= 0.3 is 0 Å². The highest BCUT2D eigenvalue weighted by Crippen LogP contribution is 2.28. The fourth-order valence-corrected chi connectivity index (χ4v) is 5.09. The van der Waals surface area contributed by atoms with E-state index in [1.165, 1.54) is 4.90 Å². The Morgan fingerprint density at radius 3 is 2.17 bits per heavy atom. The van der Waals surface area contributed by atoms with E-state index >= 15 is 0 Å². The second-order valence-electron chi connectivity index (χ2n) is 8.76. The minimum Gasteiger partial charge on any atom is -0.352 e. The van der Waals surface area contributed by atoms with Crippen molar-refractivity contribution in [2.24, 2.45) is 0 Å². The van der Waals surface area contributed by atoms with Crippen LogP contribution in [-0.2, 0) is 26.2 Å². The summed E-state index contributed by atoms with van der Waals surface area (Å²) in [6, 6.07) is 9.35. The van der Waals surface area contributed by atoms with E-state index < -0.39 is 28.5 Å². The van der Waals surface area contributed by atoms with Crippen LogP contribution >= 0.6 is 23.2 Å². The smallest absolute Gasteiger partial charge is 0.244 e. The molecule has 35 heavy (non-hydrogen) atoms. The zero-order valence-electron chi connectivity index (χ0n) is 20.9. The number of nitrogens with zero attached hydrogens (tertiary/aromatic N) is 2. The molecule has 2 amide bonds. The van der Waals surface area contributed by atoms with Crippen molar-refractivity contribution in [3.8, 4) is 0 Å². The van der Waals surface area contributed by atoms with E-state index in [9.17, 15) is 18.0 Å². The highest BCUT2D eigenvalue weighted by Gasteiger charge is 2.31. The number of amides is 2. The lowest BCUT2D eigenvalue weighted by molar-refractivity contribution is -0.139. The van der Waals surface area contributed by atoms with Crippen LogP contribution < -0.4 is 9.62 Å². The van der Waals surface area contributed by atoms with Gasteiger partial charge in [-0.3, -0.25) is 13.9 Å². The van der Waals surface area contributed by atoms with Gasteiger partial charge in [0.1, 0.15) is 12.6 Å². The summed E-state index contributed by atoms with van der Waals surface area (Å²) in [4.78, 5) is 28.0. The van der Waals surface area contributed by atoms with E-state index in [0.29, 0.717) is 21.3 Å². The molecule has 2 rings (SSSR count). The Hall–Kier alpha value is -2.29.